The molecule has 1 aliphatic carbocycles. The molecule has 2 N–H and O–H groups in total. The number of carboxylic acids is 1. The zero-order valence-corrected chi connectivity index (χ0v) is 14.3. The van der Waals surface area contributed by atoms with Crippen molar-refractivity contribution in [2.75, 3.05) is 19.8 Å². The second-order valence-corrected chi connectivity index (χ2v) is 7.32. The molecule has 124 valence electrons. The van der Waals surface area contributed by atoms with Gasteiger partial charge in [-0.05, 0) is 37.0 Å². The average Bonchev–Trinajstić information content (AvgIpc) is 3.35. The zero-order valence-electron chi connectivity index (χ0n) is 12.8. The molecule has 1 aromatic rings. The summed E-state index contributed by atoms with van der Waals surface area (Å²) >= 11 is 3.45. The SMILES string of the molecule is O=C(O)[C@@H]1C[C@H]1C(=O)NCC1(c2ccc(Br)cc2)CCOCC1. The summed E-state index contributed by atoms with van der Waals surface area (Å²) < 4.78 is 6.51. The minimum atomic E-state index is -0.876. The summed E-state index contributed by atoms with van der Waals surface area (Å²) in [5.74, 6) is -1.89. The van der Waals surface area contributed by atoms with Crippen molar-refractivity contribution in [3.05, 3.63) is 34.3 Å². The summed E-state index contributed by atoms with van der Waals surface area (Å²) in [6.45, 7) is 1.87. The fourth-order valence-corrected chi connectivity index (χ4v) is 3.54. The average molecular weight is 382 g/mol. The largest absolute Gasteiger partial charge is 0.481 e. The first-order valence-electron chi connectivity index (χ1n) is 7.86. The van der Waals surface area contributed by atoms with Gasteiger partial charge in [-0.1, -0.05) is 28.1 Å². The molecule has 1 amide bonds. The molecule has 1 aliphatic heterocycles. The lowest BCUT2D eigenvalue weighted by atomic mass is 9.74. The lowest BCUT2D eigenvalue weighted by Crippen LogP contribution is -2.45. The molecule has 3 rings (SSSR count). The third-order valence-electron chi connectivity index (χ3n) is 4.95. The van der Waals surface area contributed by atoms with Gasteiger partial charge in [0.05, 0.1) is 11.8 Å². The van der Waals surface area contributed by atoms with Gasteiger partial charge in [0.2, 0.25) is 5.91 Å². The first-order chi connectivity index (χ1) is 11.0. The molecule has 2 fully saturated rings. The van der Waals surface area contributed by atoms with E-state index >= 15 is 0 Å². The monoisotopic (exact) mass is 381 g/mol. The van der Waals surface area contributed by atoms with Crippen LogP contribution in [0.3, 0.4) is 0 Å². The van der Waals surface area contributed by atoms with Gasteiger partial charge in [-0.2, -0.15) is 0 Å². The van der Waals surface area contributed by atoms with Crippen molar-refractivity contribution in [1.82, 2.24) is 5.32 Å². The molecule has 0 aromatic heterocycles. The van der Waals surface area contributed by atoms with Crippen molar-refractivity contribution >= 4 is 27.8 Å². The van der Waals surface area contributed by atoms with Crippen LogP contribution in [-0.2, 0) is 19.7 Å². The molecule has 6 heteroatoms. The van der Waals surface area contributed by atoms with E-state index in [1.54, 1.807) is 0 Å². The van der Waals surface area contributed by atoms with Crippen LogP contribution in [-0.4, -0.2) is 36.7 Å². The van der Waals surface area contributed by atoms with E-state index in [4.69, 9.17) is 9.84 Å². The number of carbonyl (C=O) groups excluding carboxylic acids is 1. The minimum Gasteiger partial charge on any atom is -0.481 e. The first kappa shape index (κ1) is 16.5. The van der Waals surface area contributed by atoms with Crippen LogP contribution in [0.4, 0.5) is 0 Å². The number of amides is 1. The Balaban J connectivity index is 1.69. The van der Waals surface area contributed by atoms with Crippen LogP contribution in [0.1, 0.15) is 24.8 Å². The number of ether oxygens (including phenoxy) is 1. The molecule has 0 radical (unpaired) electrons. The summed E-state index contributed by atoms with van der Waals surface area (Å²) in [4.78, 5) is 23.1. The molecule has 2 atom stereocenters. The van der Waals surface area contributed by atoms with Crippen LogP contribution >= 0.6 is 15.9 Å². The Morgan fingerprint density at radius 2 is 1.87 bits per heavy atom. The lowest BCUT2D eigenvalue weighted by Gasteiger charge is -2.38. The summed E-state index contributed by atoms with van der Waals surface area (Å²) in [5.41, 5.74) is 1.05. The predicted molar refractivity (Wildman–Crippen MR) is 88.1 cm³/mol. The Labute approximate surface area is 143 Å². The van der Waals surface area contributed by atoms with Crippen molar-refractivity contribution in [2.24, 2.45) is 11.8 Å². The number of benzene rings is 1. The van der Waals surface area contributed by atoms with E-state index in [1.807, 2.05) is 12.1 Å². The topological polar surface area (TPSA) is 75.6 Å². The third kappa shape index (κ3) is 3.58. The van der Waals surface area contributed by atoms with Gasteiger partial charge in [0.15, 0.2) is 0 Å². The summed E-state index contributed by atoms with van der Waals surface area (Å²) in [5, 5.41) is 11.9. The quantitative estimate of drug-likeness (QED) is 0.820. The second-order valence-electron chi connectivity index (χ2n) is 6.40. The van der Waals surface area contributed by atoms with Crippen LogP contribution in [0.2, 0.25) is 0 Å². The van der Waals surface area contributed by atoms with Crippen LogP contribution in [0.5, 0.6) is 0 Å². The van der Waals surface area contributed by atoms with Crippen molar-refractivity contribution in [3.63, 3.8) is 0 Å². The van der Waals surface area contributed by atoms with Gasteiger partial charge < -0.3 is 15.2 Å². The Morgan fingerprint density at radius 3 is 2.43 bits per heavy atom. The normalized spacial score (nSPS) is 25.6. The number of hydrogen-bond donors (Lipinski definition) is 2. The zero-order chi connectivity index (χ0) is 16.4. The van der Waals surface area contributed by atoms with E-state index in [0.29, 0.717) is 26.2 Å². The summed E-state index contributed by atoms with van der Waals surface area (Å²) in [6.07, 6.45) is 2.15. The second kappa shape index (κ2) is 6.61. The number of hydrogen-bond acceptors (Lipinski definition) is 3. The van der Waals surface area contributed by atoms with Crippen molar-refractivity contribution in [2.45, 2.75) is 24.7 Å². The van der Waals surface area contributed by atoms with Crippen molar-refractivity contribution in [3.8, 4) is 0 Å². The number of rotatable bonds is 5. The van der Waals surface area contributed by atoms with Crippen molar-refractivity contribution < 1.29 is 19.4 Å². The number of carbonyl (C=O) groups is 2. The molecule has 0 bridgehead atoms. The van der Waals surface area contributed by atoms with Gasteiger partial charge in [-0.15, -0.1) is 0 Å². The van der Waals surface area contributed by atoms with Gasteiger partial charge in [-0.3, -0.25) is 9.59 Å². The van der Waals surface area contributed by atoms with E-state index in [0.717, 1.165) is 17.3 Å². The van der Waals surface area contributed by atoms with E-state index < -0.39 is 11.9 Å². The first-order valence-corrected chi connectivity index (χ1v) is 8.65. The molecule has 0 spiro atoms. The number of nitrogens with one attached hydrogen (secondary N) is 1. The number of carboxylic acid groups (broad SMARTS) is 1. The standard InChI is InChI=1S/C17H20BrNO4/c18-12-3-1-11(2-4-12)17(5-7-23-8-6-17)10-19-15(20)13-9-14(13)16(21)22/h1-4,13-14H,5-10H2,(H,19,20)(H,21,22)/t13-,14-/m1/s1. The molecular formula is C17H20BrNO4. The van der Waals surface area contributed by atoms with Gasteiger partial charge in [0.1, 0.15) is 0 Å². The van der Waals surface area contributed by atoms with E-state index in [9.17, 15) is 9.59 Å². The highest BCUT2D eigenvalue weighted by Gasteiger charge is 2.48. The molecule has 2 aliphatic rings. The lowest BCUT2D eigenvalue weighted by molar-refractivity contribution is -0.140. The van der Waals surface area contributed by atoms with Gasteiger partial charge >= 0.3 is 5.97 Å². The number of aliphatic carboxylic acids is 1. The Hall–Kier alpha value is -1.40. The van der Waals surface area contributed by atoms with Crippen LogP contribution in [0, 0.1) is 11.8 Å². The van der Waals surface area contributed by atoms with Crippen LogP contribution in [0.15, 0.2) is 28.7 Å². The Morgan fingerprint density at radius 1 is 1.22 bits per heavy atom. The third-order valence-corrected chi connectivity index (χ3v) is 5.48. The maximum atomic E-state index is 12.2. The maximum absolute atomic E-state index is 12.2. The van der Waals surface area contributed by atoms with Gasteiger partial charge in [0.25, 0.3) is 0 Å². The van der Waals surface area contributed by atoms with E-state index in [2.05, 4.69) is 33.4 Å². The smallest absolute Gasteiger partial charge is 0.307 e. The molecule has 1 aromatic carbocycles. The highest BCUT2D eigenvalue weighted by atomic mass is 79.9. The predicted octanol–water partition coefficient (Wildman–Crippen LogP) is 2.33. The Bertz CT molecular complexity index is 595. The molecule has 23 heavy (non-hydrogen) atoms. The van der Waals surface area contributed by atoms with Crippen LogP contribution < -0.4 is 5.32 Å². The van der Waals surface area contributed by atoms with Gasteiger partial charge in [0, 0.05) is 29.6 Å². The van der Waals surface area contributed by atoms with Gasteiger partial charge in [-0.25, -0.2) is 0 Å². The molecule has 1 saturated carbocycles. The summed E-state index contributed by atoms with van der Waals surface area (Å²) in [6, 6.07) is 8.18. The highest BCUT2D eigenvalue weighted by molar-refractivity contribution is 9.10. The fraction of sp³-hybridized carbons (Fsp3) is 0.529. The number of halogens is 1. The molecule has 0 unspecified atom stereocenters. The van der Waals surface area contributed by atoms with Crippen LogP contribution in [0.25, 0.3) is 0 Å². The Kier molecular flexibility index (Phi) is 4.73. The maximum Gasteiger partial charge on any atom is 0.307 e. The molecule has 5 nitrogen and oxygen atoms in total. The molecule has 1 heterocycles. The molecular weight excluding hydrogens is 362 g/mol. The highest BCUT2D eigenvalue weighted by Crippen LogP contribution is 2.39. The molecule has 1 saturated heterocycles. The minimum absolute atomic E-state index is 0.137. The van der Waals surface area contributed by atoms with E-state index in [-0.39, 0.29) is 17.2 Å². The summed E-state index contributed by atoms with van der Waals surface area (Å²) in [7, 11) is 0. The van der Waals surface area contributed by atoms with E-state index in [1.165, 1.54) is 5.56 Å². The van der Waals surface area contributed by atoms with Crippen molar-refractivity contribution in [1.29, 1.82) is 0 Å². The fourth-order valence-electron chi connectivity index (χ4n) is 3.28.